The Morgan fingerprint density at radius 3 is 2.88 bits per heavy atom. The summed E-state index contributed by atoms with van der Waals surface area (Å²) in [7, 11) is 0. The van der Waals surface area contributed by atoms with Crippen molar-refractivity contribution in [2.24, 2.45) is 0 Å². The summed E-state index contributed by atoms with van der Waals surface area (Å²) >= 11 is 3.47. The monoisotopic (exact) mass is 297 g/mol. The Bertz CT molecular complexity index is 376. The fraction of sp³-hybridized carbons (Fsp3) is 0.429. The number of hydrogen-bond acceptors (Lipinski definition) is 2. The second-order valence-corrected chi connectivity index (χ2v) is 4.76. The van der Waals surface area contributed by atoms with Crippen LogP contribution in [0.15, 0.2) is 34.8 Å². The summed E-state index contributed by atoms with van der Waals surface area (Å²) in [6.07, 6.45) is 3.99. The number of nitrogens with one attached hydrogen (secondary N) is 1. The molecule has 0 aliphatic heterocycles. The summed E-state index contributed by atoms with van der Waals surface area (Å²) in [5, 5.41) is 3.40. The molecule has 1 N–H and O–H groups in total. The van der Waals surface area contributed by atoms with Crippen LogP contribution in [0.25, 0.3) is 0 Å². The molecule has 94 valence electrons. The summed E-state index contributed by atoms with van der Waals surface area (Å²) in [5.74, 6) is 0.936. The van der Waals surface area contributed by atoms with Crippen LogP contribution in [0.3, 0.4) is 0 Å². The van der Waals surface area contributed by atoms with Crippen LogP contribution in [-0.4, -0.2) is 13.2 Å². The smallest absolute Gasteiger partial charge is 0.125 e. The summed E-state index contributed by atoms with van der Waals surface area (Å²) in [6.45, 7) is 7.81. The van der Waals surface area contributed by atoms with Crippen molar-refractivity contribution >= 4 is 15.9 Å². The molecule has 1 unspecified atom stereocenters. The first kappa shape index (κ1) is 14.3. The molecule has 1 rings (SSSR count). The van der Waals surface area contributed by atoms with Gasteiger partial charge in [0.15, 0.2) is 0 Å². The topological polar surface area (TPSA) is 21.3 Å². The highest BCUT2D eigenvalue weighted by atomic mass is 79.9. The maximum atomic E-state index is 5.77. The van der Waals surface area contributed by atoms with Gasteiger partial charge in [0.05, 0.1) is 0 Å². The van der Waals surface area contributed by atoms with Crippen molar-refractivity contribution < 1.29 is 4.74 Å². The normalized spacial score (nSPS) is 12.9. The third-order valence-electron chi connectivity index (χ3n) is 2.52. The number of rotatable bonds is 6. The molecular formula is C14H20BrNO. The van der Waals surface area contributed by atoms with Crippen LogP contribution in [0.4, 0.5) is 0 Å². The number of halogens is 1. The van der Waals surface area contributed by atoms with Gasteiger partial charge in [-0.25, -0.2) is 0 Å². The van der Waals surface area contributed by atoms with Crippen LogP contribution in [0.1, 0.15) is 32.4 Å². The third kappa shape index (κ3) is 4.52. The quantitative estimate of drug-likeness (QED) is 0.799. The molecule has 0 radical (unpaired) electrons. The highest BCUT2D eigenvalue weighted by Gasteiger charge is 2.10. The fourth-order valence-electron chi connectivity index (χ4n) is 1.64. The summed E-state index contributed by atoms with van der Waals surface area (Å²) in [5.41, 5.74) is 1.19. The Morgan fingerprint density at radius 2 is 2.24 bits per heavy atom. The Kier molecular flexibility index (Phi) is 6.30. The minimum Gasteiger partial charge on any atom is -0.489 e. The molecule has 0 bridgehead atoms. The Hall–Kier alpha value is -0.800. The van der Waals surface area contributed by atoms with Crippen molar-refractivity contribution in [3.63, 3.8) is 0 Å². The molecular weight excluding hydrogens is 278 g/mol. The van der Waals surface area contributed by atoms with Gasteiger partial charge >= 0.3 is 0 Å². The van der Waals surface area contributed by atoms with Crippen molar-refractivity contribution in [2.75, 3.05) is 13.2 Å². The lowest BCUT2D eigenvalue weighted by molar-refractivity contribution is 0.353. The Morgan fingerprint density at radius 1 is 1.47 bits per heavy atom. The van der Waals surface area contributed by atoms with E-state index in [2.05, 4.69) is 41.2 Å². The van der Waals surface area contributed by atoms with Crippen LogP contribution >= 0.6 is 15.9 Å². The van der Waals surface area contributed by atoms with E-state index in [4.69, 9.17) is 4.74 Å². The van der Waals surface area contributed by atoms with Crippen molar-refractivity contribution in [3.05, 3.63) is 40.4 Å². The van der Waals surface area contributed by atoms with E-state index >= 15 is 0 Å². The van der Waals surface area contributed by atoms with Crippen molar-refractivity contribution in [2.45, 2.75) is 26.8 Å². The zero-order valence-electron chi connectivity index (χ0n) is 10.7. The van der Waals surface area contributed by atoms with Crippen molar-refractivity contribution in [1.29, 1.82) is 0 Å². The number of hydrogen-bond donors (Lipinski definition) is 1. The van der Waals surface area contributed by atoms with E-state index in [-0.39, 0.29) is 0 Å². The third-order valence-corrected chi connectivity index (χ3v) is 3.02. The highest BCUT2D eigenvalue weighted by molar-refractivity contribution is 9.10. The van der Waals surface area contributed by atoms with E-state index in [9.17, 15) is 0 Å². The van der Waals surface area contributed by atoms with Gasteiger partial charge in [-0.3, -0.25) is 0 Å². The Labute approximate surface area is 112 Å². The zero-order chi connectivity index (χ0) is 12.7. The standard InChI is InChI=1S/C14H20BrNO/c1-4-6-9-17-14-10-12(15)7-8-13(14)11(3)16-5-2/h4,6-8,10-11,16H,5,9H2,1-3H3/b6-4+. The van der Waals surface area contributed by atoms with Gasteiger partial charge in [-0.05, 0) is 32.5 Å². The minimum absolute atomic E-state index is 0.300. The first-order valence-electron chi connectivity index (χ1n) is 5.95. The van der Waals surface area contributed by atoms with Gasteiger partial charge in [0.2, 0.25) is 0 Å². The van der Waals surface area contributed by atoms with E-state index in [1.54, 1.807) is 0 Å². The first-order valence-corrected chi connectivity index (χ1v) is 6.75. The van der Waals surface area contributed by atoms with E-state index in [0.29, 0.717) is 12.6 Å². The highest BCUT2D eigenvalue weighted by Crippen LogP contribution is 2.28. The molecule has 0 saturated carbocycles. The van der Waals surface area contributed by atoms with Gasteiger partial charge in [-0.15, -0.1) is 0 Å². The molecule has 17 heavy (non-hydrogen) atoms. The largest absolute Gasteiger partial charge is 0.489 e. The number of benzene rings is 1. The van der Waals surface area contributed by atoms with Gasteiger partial charge in [0.1, 0.15) is 12.4 Å². The van der Waals surface area contributed by atoms with Crippen LogP contribution in [0.5, 0.6) is 5.75 Å². The molecule has 0 aliphatic carbocycles. The maximum Gasteiger partial charge on any atom is 0.125 e. The predicted molar refractivity (Wildman–Crippen MR) is 76.5 cm³/mol. The van der Waals surface area contributed by atoms with Crippen LogP contribution in [0, 0.1) is 0 Å². The van der Waals surface area contributed by atoms with Gasteiger partial charge in [0, 0.05) is 16.1 Å². The zero-order valence-corrected chi connectivity index (χ0v) is 12.3. The molecule has 0 amide bonds. The van der Waals surface area contributed by atoms with E-state index in [1.807, 2.05) is 31.2 Å². The van der Waals surface area contributed by atoms with E-state index in [1.165, 1.54) is 5.56 Å². The molecule has 1 aromatic carbocycles. The minimum atomic E-state index is 0.300. The number of ether oxygens (including phenoxy) is 1. The molecule has 1 atom stereocenters. The molecule has 0 fully saturated rings. The average Bonchev–Trinajstić information content (AvgIpc) is 2.30. The summed E-state index contributed by atoms with van der Waals surface area (Å²) < 4.78 is 6.81. The molecule has 0 spiro atoms. The fourth-order valence-corrected chi connectivity index (χ4v) is 1.98. The first-order chi connectivity index (χ1) is 8.19. The van der Waals surface area contributed by atoms with E-state index < -0.39 is 0 Å². The van der Waals surface area contributed by atoms with Crippen LogP contribution in [0.2, 0.25) is 0 Å². The van der Waals surface area contributed by atoms with Gasteiger partial charge < -0.3 is 10.1 Å². The van der Waals surface area contributed by atoms with E-state index in [0.717, 1.165) is 16.8 Å². The number of allylic oxidation sites excluding steroid dienone is 1. The van der Waals surface area contributed by atoms with Gasteiger partial charge in [0.25, 0.3) is 0 Å². The molecule has 0 saturated heterocycles. The Balaban J connectivity index is 2.86. The average molecular weight is 298 g/mol. The second-order valence-electron chi connectivity index (χ2n) is 3.84. The van der Waals surface area contributed by atoms with Crippen molar-refractivity contribution in [1.82, 2.24) is 5.32 Å². The van der Waals surface area contributed by atoms with Crippen LogP contribution in [-0.2, 0) is 0 Å². The SMILES string of the molecule is C/C=C/COc1cc(Br)ccc1C(C)NCC. The van der Waals surface area contributed by atoms with Gasteiger partial charge in [-0.1, -0.05) is 41.1 Å². The lowest BCUT2D eigenvalue weighted by atomic mass is 10.1. The molecule has 0 heterocycles. The van der Waals surface area contributed by atoms with Gasteiger partial charge in [-0.2, -0.15) is 0 Å². The molecule has 1 aromatic rings. The second kappa shape index (κ2) is 7.51. The summed E-state index contributed by atoms with van der Waals surface area (Å²) in [6, 6.07) is 6.47. The lowest BCUT2D eigenvalue weighted by Crippen LogP contribution is -2.18. The molecule has 3 heteroatoms. The predicted octanol–water partition coefficient (Wildman–Crippen LogP) is 4.07. The molecule has 2 nitrogen and oxygen atoms in total. The summed E-state index contributed by atoms with van der Waals surface area (Å²) in [4.78, 5) is 0. The lowest BCUT2D eigenvalue weighted by Gasteiger charge is -2.17. The van der Waals surface area contributed by atoms with Crippen LogP contribution < -0.4 is 10.1 Å². The van der Waals surface area contributed by atoms with Crippen molar-refractivity contribution in [3.8, 4) is 5.75 Å². The molecule has 0 aromatic heterocycles. The molecule has 0 aliphatic rings. The maximum absolute atomic E-state index is 5.77.